The van der Waals surface area contributed by atoms with Gasteiger partial charge in [0.1, 0.15) is 5.03 Å². The van der Waals surface area contributed by atoms with E-state index in [0.717, 1.165) is 27.5 Å². The molecule has 0 aliphatic carbocycles. The fourth-order valence-electron chi connectivity index (χ4n) is 2.26. The first kappa shape index (κ1) is 16.2. The van der Waals surface area contributed by atoms with Crippen LogP contribution < -0.4 is 5.32 Å². The maximum absolute atomic E-state index is 11.9. The number of aryl methyl sites for hydroxylation is 1. The Balaban J connectivity index is 1.59. The van der Waals surface area contributed by atoms with E-state index >= 15 is 0 Å². The van der Waals surface area contributed by atoms with Crippen LogP contribution in [0.25, 0.3) is 11.3 Å². The van der Waals surface area contributed by atoms with Gasteiger partial charge in [0.05, 0.1) is 11.4 Å². The van der Waals surface area contributed by atoms with E-state index in [1.165, 1.54) is 11.8 Å². The fraction of sp³-hybridized carbons (Fsp3) is 0.105. The van der Waals surface area contributed by atoms with Crippen LogP contribution in [0, 0.1) is 6.92 Å². The van der Waals surface area contributed by atoms with E-state index < -0.39 is 0 Å². The van der Waals surface area contributed by atoms with E-state index in [1.54, 1.807) is 0 Å². The Labute approximate surface area is 145 Å². The van der Waals surface area contributed by atoms with Crippen molar-refractivity contribution in [2.45, 2.75) is 11.9 Å². The number of carbonyl (C=O) groups is 1. The summed E-state index contributed by atoms with van der Waals surface area (Å²) in [4.78, 5) is 11.9. The molecule has 0 aliphatic rings. The highest BCUT2D eigenvalue weighted by atomic mass is 32.2. The Kier molecular flexibility index (Phi) is 5.23. The van der Waals surface area contributed by atoms with Gasteiger partial charge in [0, 0.05) is 11.3 Å². The molecular weight excluding hydrogens is 318 g/mol. The topological polar surface area (TPSA) is 54.9 Å². The number of amides is 1. The lowest BCUT2D eigenvalue weighted by Gasteiger charge is -2.06. The summed E-state index contributed by atoms with van der Waals surface area (Å²) in [6, 6.07) is 21.3. The van der Waals surface area contributed by atoms with E-state index in [9.17, 15) is 4.79 Å². The number of benzene rings is 2. The van der Waals surface area contributed by atoms with Crippen molar-refractivity contribution in [3.05, 3.63) is 72.3 Å². The SMILES string of the molecule is Cc1ccccc1-c1ccc(SCC(=O)Nc2ccccc2)nn1. The molecule has 3 aromatic rings. The van der Waals surface area contributed by atoms with Gasteiger partial charge in [0.15, 0.2) is 0 Å². The molecule has 0 fully saturated rings. The van der Waals surface area contributed by atoms with Gasteiger partial charge in [0.2, 0.25) is 5.91 Å². The summed E-state index contributed by atoms with van der Waals surface area (Å²) in [6.07, 6.45) is 0. The minimum Gasteiger partial charge on any atom is -0.325 e. The van der Waals surface area contributed by atoms with Crippen LogP contribution >= 0.6 is 11.8 Å². The van der Waals surface area contributed by atoms with Crippen molar-refractivity contribution in [3.63, 3.8) is 0 Å². The van der Waals surface area contributed by atoms with Crippen LogP contribution in [-0.4, -0.2) is 21.9 Å². The summed E-state index contributed by atoms with van der Waals surface area (Å²) >= 11 is 1.37. The molecule has 2 aromatic carbocycles. The molecule has 0 bridgehead atoms. The van der Waals surface area contributed by atoms with Crippen LogP contribution in [0.4, 0.5) is 5.69 Å². The predicted octanol–water partition coefficient (Wildman–Crippen LogP) is 4.18. The van der Waals surface area contributed by atoms with Gasteiger partial charge in [-0.15, -0.1) is 10.2 Å². The van der Waals surface area contributed by atoms with Gasteiger partial charge in [-0.3, -0.25) is 4.79 Å². The van der Waals surface area contributed by atoms with E-state index in [4.69, 9.17) is 0 Å². The molecule has 4 nitrogen and oxygen atoms in total. The zero-order valence-corrected chi connectivity index (χ0v) is 14.1. The lowest BCUT2D eigenvalue weighted by Crippen LogP contribution is -2.13. The summed E-state index contributed by atoms with van der Waals surface area (Å²) in [7, 11) is 0. The molecule has 5 heteroatoms. The van der Waals surface area contributed by atoms with Crippen LogP contribution in [0.5, 0.6) is 0 Å². The van der Waals surface area contributed by atoms with Crippen molar-refractivity contribution < 1.29 is 4.79 Å². The van der Waals surface area contributed by atoms with E-state index in [2.05, 4.69) is 15.5 Å². The third-order valence-corrected chi connectivity index (χ3v) is 4.39. The second-order valence-electron chi connectivity index (χ2n) is 5.27. The molecule has 24 heavy (non-hydrogen) atoms. The van der Waals surface area contributed by atoms with Gasteiger partial charge >= 0.3 is 0 Å². The van der Waals surface area contributed by atoms with Crippen molar-refractivity contribution >= 4 is 23.4 Å². The number of aromatic nitrogens is 2. The molecule has 1 heterocycles. The first-order valence-corrected chi connectivity index (χ1v) is 8.58. The Morgan fingerprint density at radius 2 is 1.71 bits per heavy atom. The van der Waals surface area contributed by atoms with E-state index in [0.29, 0.717) is 5.75 Å². The number of nitrogens with one attached hydrogen (secondary N) is 1. The van der Waals surface area contributed by atoms with Crippen LogP contribution in [0.3, 0.4) is 0 Å². The third kappa shape index (κ3) is 4.20. The summed E-state index contributed by atoms with van der Waals surface area (Å²) < 4.78 is 0. The summed E-state index contributed by atoms with van der Waals surface area (Å²) in [5, 5.41) is 12.1. The molecule has 0 radical (unpaired) electrons. The number of hydrogen-bond donors (Lipinski definition) is 1. The molecule has 1 N–H and O–H groups in total. The normalized spacial score (nSPS) is 10.4. The van der Waals surface area contributed by atoms with Crippen molar-refractivity contribution in [3.8, 4) is 11.3 Å². The number of nitrogens with zero attached hydrogens (tertiary/aromatic N) is 2. The number of hydrogen-bond acceptors (Lipinski definition) is 4. The highest BCUT2D eigenvalue weighted by molar-refractivity contribution is 7.99. The van der Waals surface area contributed by atoms with Crippen LogP contribution in [0.1, 0.15) is 5.56 Å². The molecule has 0 saturated heterocycles. The molecular formula is C19H17N3OS. The van der Waals surface area contributed by atoms with Gasteiger partial charge in [-0.2, -0.15) is 0 Å². The Hall–Kier alpha value is -2.66. The summed E-state index contributed by atoms with van der Waals surface area (Å²) in [5.41, 5.74) is 3.87. The number of anilines is 1. The minimum absolute atomic E-state index is 0.0593. The maximum Gasteiger partial charge on any atom is 0.234 e. The van der Waals surface area contributed by atoms with Crippen molar-refractivity contribution in [1.29, 1.82) is 0 Å². The molecule has 1 aromatic heterocycles. The molecule has 120 valence electrons. The molecule has 3 rings (SSSR count). The Bertz CT molecular complexity index is 820. The third-order valence-electron chi connectivity index (χ3n) is 3.47. The molecule has 0 unspecified atom stereocenters. The highest BCUT2D eigenvalue weighted by Gasteiger charge is 2.07. The van der Waals surface area contributed by atoms with E-state index in [-0.39, 0.29) is 5.91 Å². The lowest BCUT2D eigenvalue weighted by atomic mass is 10.1. The Morgan fingerprint density at radius 1 is 0.958 bits per heavy atom. The van der Waals surface area contributed by atoms with Crippen LogP contribution in [0.15, 0.2) is 71.8 Å². The monoisotopic (exact) mass is 335 g/mol. The predicted molar refractivity (Wildman–Crippen MR) is 98.0 cm³/mol. The molecule has 0 atom stereocenters. The average molecular weight is 335 g/mol. The largest absolute Gasteiger partial charge is 0.325 e. The zero-order valence-electron chi connectivity index (χ0n) is 13.3. The first-order chi connectivity index (χ1) is 11.7. The average Bonchev–Trinajstić information content (AvgIpc) is 2.62. The molecule has 0 spiro atoms. The van der Waals surface area contributed by atoms with Gasteiger partial charge in [-0.05, 0) is 36.8 Å². The van der Waals surface area contributed by atoms with Crippen molar-refractivity contribution in [2.75, 3.05) is 11.1 Å². The second-order valence-corrected chi connectivity index (χ2v) is 6.27. The number of rotatable bonds is 5. The van der Waals surface area contributed by atoms with E-state index in [1.807, 2.05) is 73.7 Å². The summed E-state index contributed by atoms with van der Waals surface area (Å²) in [5.74, 6) is 0.240. The van der Waals surface area contributed by atoms with Gasteiger partial charge in [-0.25, -0.2) is 0 Å². The standard InChI is InChI=1S/C19H17N3OS/c1-14-7-5-6-10-16(14)17-11-12-19(22-21-17)24-13-18(23)20-15-8-3-2-4-9-15/h2-12H,13H2,1H3,(H,20,23). The van der Waals surface area contributed by atoms with Crippen LogP contribution in [0.2, 0.25) is 0 Å². The molecule has 1 amide bonds. The fourth-order valence-corrected chi connectivity index (χ4v) is 2.87. The first-order valence-electron chi connectivity index (χ1n) is 7.60. The lowest BCUT2D eigenvalue weighted by molar-refractivity contribution is -0.113. The zero-order chi connectivity index (χ0) is 16.8. The number of para-hydroxylation sites is 1. The Morgan fingerprint density at radius 3 is 2.42 bits per heavy atom. The van der Waals surface area contributed by atoms with Gasteiger partial charge < -0.3 is 5.32 Å². The molecule has 0 saturated carbocycles. The highest BCUT2D eigenvalue weighted by Crippen LogP contribution is 2.22. The number of carbonyl (C=O) groups excluding carboxylic acids is 1. The number of thioether (sulfide) groups is 1. The van der Waals surface area contributed by atoms with Crippen molar-refractivity contribution in [2.24, 2.45) is 0 Å². The summed E-state index contributed by atoms with van der Waals surface area (Å²) in [6.45, 7) is 2.05. The van der Waals surface area contributed by atoms with Gasteiger partial charge in [0.25, 0.3) is 0 Å². The second kappa shape index (κ2) is 7.75. The minimum atomic E-state index is -0.0593. The smallest absolute Gasteiger partial charge is 0.234 e. The van der Waals surface area contributed by atoms with Crippen molar-refractivity contribution in [1.82, 2.24) is 10.2 Å². The van der Waals surface area contributed by atoms with Gasteiger partial charge in [-0.1, -0.05) is 54.2 Å². The maximum atomic E-state index is 11.9. The van der Waals surface area contributed by atoms with Crippen LogP contribution in [-0.2, 0) is 4.79 Å². The quantitative estimate of drug-likeness (QED) is 0.711. The molecule has 0 aliphatic heterocycles.